The van der Waals surface area contributed by atoms with Gasteiger partial charge in [0.2, 0.25) is 0 Å². The second kappa shape index (κ2) is 8.38. The second-order valence-corrected chi connectivity index (χ2v) is 7.88. The first-order chi connectivity index (χ1) is 9.37. The van der Waals surface area contributed by atoms with Gasteiger partial charge in [0.1, 0.15) is 0 Å². The summed E-state index contributed by atoms with van der Waals surface area (Å²) in [5, 5.41) is 3.67. The smallest absolute Gasteiger partial charge is 0.0806 e. The Morgan fingerprint density at radius 3 is 2.30 bits per heavy atom. The Bertz CT molecular complexity index is 249. The monoisotopic (exact) mass is 283 g/mol. The Hall–Kier alpha value is -0.0800. The van der Waals surface area contributed by atoms with Gasteiger partial charge >= 0.3 is 0 Å². The Balaban J connectivity index is 2.42. The van der Waals surface area contributed by atoms with Crippen LogP contribution in [0.3, 0.4) is 0 Å². The van der Waals surface area contributed by atoms with Crippen molar-refractivity contribution in [2.24, 2.45) is 5.92 Å². The number of rotatable bonds is 8. The van der Waals surface area contributed by atoms with Gasteiger partial charge in [0, 0.05) is 18.7 Å². The van der Waals surface area contributed by atoms with Gasteiger partial charge in [-0.1, -0.05) is 33.1 Å². The molecule has 1 aliphatic carbocycles. The summed E-state index contributed by atoms with van der Waals surface area (Å²) in [7, 11) is 0. The van der Waals surface area contributed by atoms with Gasteiger partial charge in [-0.15, -0.1) is 0 Å². The molecule has 0 aromatic rings. The molecule has 120 valence electrons. The van der Waals surface area contributed by atoms with E-state index in [2.05, 4.69) is 39.9 Å². The lowest BCUT2D eigenvalue weighted by molar-refractivity contribution is -0.0790. The van der Waals surface area contributed by atoms with Gasteiger partial charge in [-0.25, -0.2) is 0 Å². The van der Waals surface area contributed by atoms with E-state index in [1.807, 2.05) is 0 Å². The van der Waals surface area contributed by atoms with E-state index in [0.717, 1.165) is 19.1 Å². The van der Waals surface area contributed by atoms with E-state index in [-0.39, 0.29) is 11.1 Å². The van der Waals surface area contributed by atoms with Crippen LogP contribution in [0.1, 0.15) is 86.0 Å². The van der Waals surface area contributed by atoms with Gasteiger partial charge in [0.05, 0.1) is 5.60 Å². The molecule has 0 aromatic carbocycles. The molecule has 1 aliphatic rings. The van der Waals surface area contributed by atoms with Crippen LogP contribution in [0.4, 0.5) is 0 Å². The number of unbranched alkanes of at least 4 members (excludes halogenated alkanes) is 3. The Morgan fingerprint density at radius 1 is 1.10 bits per heavy atom. The number of hydrogen-bond acceptors (Lipinski definition) is 2. The van der Waals surface area contributed by atoms with E-state index < -0.39 is 0 Å². The van der Waals surface area contributed by atoms with Crippen molar-refractivity contribution in [3.8, 4) is 0 Å². The molecule has 1 rings (SSSR count). The summed E-state index contributed by atoms with van der Waals surface area (Å²) in [5.41, 5.74) is 0.285. The summed E-state index contributed by atoms with van der Waals surface area (Å²) < 4.78 is 6.40. The molecule has 20 heavy (non-hydrogen) atoms. The second-order valence-electron chi connectivity index (χ2n) is 7.88. The van der Waals surface area contributed by atoms with Crippen molar-refractivity contribution in [1.29, 1.82) is 0 Å². The predicted molar refractivity (Wildman–Crippen MR) is 88.2 cm³/mol. The minimum atomic E-state index is 0.103. The van der Waals surface area contributed by atoms with Gasteiger partial charge in [-0.3, -0.25) is 0 Å². The molecule has 0 radical (unpaired) electrons. The van der Waals surface area contributed by atoms with Crippen LogP contribution in [0.15, 0.2) is 0 Å². The highest BCUT2D eigenvalue weighted by Gasteiger charge is 2.35. The Labute approximate surface area is 127 Å². The van der Waals surface area contributed by atoms with Crippen LogP contribution < -0.4 is 5.32 Å². The lowest BCUT2D eigenvalue weighted by atomic mass is 9.79. The van der Waals surface area contributed by atoms with E-state index in [1.54, 1.807) is 0 Å². The number of nitrogens with one attached hydrogen (secondary N) is 1. The van der Waals surface area contributed by atoms with Crippen LogP contribution in [-0.4, -0.2) is 24.3 Å². The maximum absolute atomic E-state index is 6.40. The third-order valence-electron chi connectivity index (χ3n) is 4.53. The fourth-order valence-corrected chi connectivity index (χ4v) is 2.90. The highest BCUT2D eigenvalue weighted by Crippen LogP contribution is 2.35. The molecule has 0 aliphatic heterocycles. The Kier molecular flexibility index (Phi) is 7.53. The largest absolute Gasteiger partial charge is 0.374 e. The SMILES string of the molecule is CCCCCCOC1(CNC(C)(C)C)CCC(C)CC1. The standard InChI is InChI=1S/C18H37NO/c1-6-7-8-9-14-20-18(15-19-17(3,4)5)12-10-16(2)11-13-18/h16,19H,6-15H2,1-5H3. The maximum atomic E-state index is 6.40. The first kappa shape index (κ1) is 18.0. The zero-order valence-corrected chi connectivity index (χ0v) is 14.6. The molecule has 2 nitrogen and oxygen atoms in total. The first-order valence-electron chi connectivity index (χ1n) is 8.76. The van der Waals surface area contributed by atoms with Crippen LogP contribution >= 0.6 is 0 Å². The van der Waals surface area contributed by atoms with E-state index in [9.17, 15) is 0 Å². The molecule has 0 bridgehead atoms. The van der Waals surface area contributed by atoms with Crippen molar-refractivity contribution in [2.75, 3.05) is 13.2 Å². The minimum absolute atomic E-state index is 0.103. The normalized spacial score (nSPS) is 27.8. The summed E-state index contributed by atoms with van der Waals surface area (Å²) in [6.07, 6.45) is 10.3. The third kappa shape index (κ3) is 7.08. The predicted octanol–water partition coefficient (Wildman–Crippen LogP) is 4.92. The van der Waals surface area contributed by atoms with Gasteiger partial charge in [0.25, 0.3) is 0 Å². The first-order valence-corrected chi connectivity index (χ1v) is 8.76. The van der Waals surface area contributed by atoms with E-state index in [1.165, 1.54) is 51.4 Å². The quantitative estimate of drug-likeness (QED) is 0.638. The van der Waals surface area contributed by atoms with E-state index >= 15 is 0 Å². The summed E-state index contributed by atoms with van der Waals surface area (Å²) in [6, 6.07) is 0. The van der Waals surface area contributed by atoms with Crippen LogP contribution in [0.2, 0.25) is 0 Å². The van der Waals surface area contributed by atoms with Gasteiger partial charge in [0.15, 0.2) is 0 Å². The molecule has 0 atom stereocenters. The molecule has 0 spiro atoms. The van der Waals surface area contributed by atoms with Crippen molar-refractivity contribution in [1.82, 2.24) is 5.32 Å². The average Bonchev–Trinajstić information content (AvgIpc) is 2.39. The van der Waals surface area contributed by atoms with Gasteiger partial charge in [-0.05, 0) is 58.8 Å². The van der Waals surface area contributed by atoms with Crippen LogP contribution in [0.5, 0.6) is 0 Å². The maximum Gasteiger partial charge on any atom is 0.0806 e. The zero-order valence-electron chi connectivity index (χ0n) is 14.6. The molecule has 1 N–H and O–H groups in total. The van der Waals surface area contributed by atoms with E-state index in [4.69, 9.17) is 4.74 Å². The zero-order chi connectivity index (χ0) is 15.1. The molecule has 0 amide bonds. The highest BCUT2D eigenvalue weighted by atomic mass is 16.5. The van der Waals surface area contributed by atoms with Crippen molar-refractivity contribution in [2.45, 2.75) is 97.1 Å². The fourth-order valence-electron chi connectivity index (χ4n) is 2.90. The van der Waals surface area contributed by atoms with Crippen molar-refractivity contribution in [3.63, 3.8) is 0 Å². The summed E-state index contributed by atoms with van der Waals surface area (Å²) >= 11 is 0. The van der Waals surface area contributed by atoms with Crippen LogP contribution in [0, 0.1) is 5.92 Å². The average molecular weight is 284 g/mol. The van der Waals surface area contributed by atoms with Crippen LogP contribution in [0.25, 0.3) is 0 Å². The fraction of sp³-hybridized carbons (Fsp3) is 1.00. The van der Waals surface area contributed by atoms with Crippen molar-refractivity contribution < 1.29 is 4.74 Å². The number of hydrogen-bond donors (Lipinski definition) is 1. The third-order valence-corrected chi connectivity index (χ3v) is 4.53. The summed E-state index contributed by atoms with van der Waals surface area (Å²) in [4.78, 5) is 0. The topological polar surface area (TPSA) is 21.3 Å². The molecule has 0 heterocycles. The minimum Gasteiger partial charge on any atom is -0.374 e. The number of ether oxygens (including phenoxy) is 1. The Morgan fingerprint density at radius 2 is 1.75 bits per heavy atom. The highest BCUT2D eigenvalue weighted by molar-refractivity contribution is 4.90. The van der Waals surface area contributed by atoms with E-state index in [0.29, 0.717) is 0 Å². The molecule has 1 saturated carbocycles. The molecule has 0 aromatic heterocycles. The molecular formula is C18H37NO. The van der Waals surface area contributed by atoms with Crippen molar-refractivity contribution >= 4 is 0 Å². The molecule has 2 heteroatoms. The lowest BCUT2D eigenvalue weighted by Gasteiger charge is -2.41. The van der Waals surface area contributed by atoms with Crippen LogP contribution in [-0.2, 0) is 4.74 Å². The van der Waals surface area contributed by atoms with Crippen molar-refractivity contribution in [3.05, 3.63) is 0 Å². The van der Waals surface area contributed by atoms with Gasteiger partial charge < -0.3 is 10.1 Å². The summed E-state index contributed by atoms with van der Waals surface area (Å²) in [5.74, 6) is 0.876. The lowest BCUT2D eigenvalue weighted by Crippen LogP contribution is -2.51. The molecule has 1 fully saturated rings. The molecule has 0 saturated heterocycles. The molecule has 0 unspecified atom stereocenters. The summed E-state index contributed by atoms with van der Waals surface area (Å²) in [6.45, 7) is 13.3. The molecular weight excluding hydrogens is 246 g/mol. The van der Waals surface area contributed by atoms with Gasteiger partial charge in [-0.2, -0.15) is 0 Å².